The molecule has 0 unspecified atom stereocenters. The summed E-state index contributed by atoms with van der Waals surface area (Å²) in [5.41, 5.74) is 1.64. The Balaban J connectivity index is 1.40. The zero-order valence-corrected chi connectivity index (χ0v) is 20.4. The van der Waals surface area contributed by atoms with Gasteiger partial charge in [-0.05, 0) is 42.2 Å². The number of hydrogen-bond donors (Lipinski definition) is 0. The lowest BCUT2D eigenvalue weighted by molar-refractivity contribution is -0.137. The van der Waals surface area contributed by atoms with Crippen molar-refractivity contribution in [2.24, 2.45) is 0 Å². The summed E-state index contributed by atoms with van der Waals surface area (Å²) in [4.78, 5) is 27.7. The van der Waals surface area contributed by atoms with Crippen LogP contribution in [0.15, 0.2) is 64.1 Å². The highest BCUT2D eigenvalue weighted by Crippen LogP contribution is 2.44. The molecule has 3 aromatic rings. The maximum atomic E-state index is 13.4. The van der Waals surface area contributed by atoms with Crippen LogP contribution in [0.1, 0.15) is 48.3 Å². The van der Waals surface area contributed by atoms with Crippen LogP contribution in [0.4, 0.5) is 22.7 Å². The summed E-state index contributed by atoms with van der Waals surface area (Å²) < 4.78 is 52.9. The molecular formula is C25H19F4N3O2S2. The highest BCUT2D eigenvalue weighted by Gasteiger charge is 2.41. The van der Waals surface area contributed by atoms with Crippen molar-refractivity contribution in [3.05, 3.63) is 82.3 Å². The van der Waals surface area contributed by atoms with Gasteiger partial charge in [0.1, 0.15) is 5.82 Å². The number of aromatic nitrogens is 2. The standard InChI is InChI=1S/C25H19F4N3O2S2/c26-17-9-7-15(8-10-17)18-12-21(34)32(19-5-2-6-20(33)22(18)19)23-30-31-24(36-23)35-13-14-3-1-4-16(11-14)25(27,28)29/h1,3-4,7-11,18H,2,5-6,12-13H2/t18-/m1/s1. The van der Waals surface area contributed by atoms with Gasteiger partial charge < -0.3 is 0 Å². The molecule has 5 nitrogen and oxygen atoms in total. The first-order valence-corrected chi connectivity index (χ1v) is 13.0. The lowest BCUT2D eigenvalue weighted by atomic mass is 9.77. The number of benzene rings is 2. The minimum Gasteiger partial charge on any atom is -0.294 e. The van der Waals surface area contributed by atoms with Crippen LogP contribution < -0.4 is 4.90 Å². The first kappa shape index (κ1) is 24.6. The highest BCUT2D eigenvalue weighted by molar-refractivity contribution is 8.00. The van der Waals surface area contributed by atoms with Crippen molar-refractivity contribution in [1.29, 1.82) is 0 Å². The molecule has 2 heterocycles. The number of thioether (sulfide) groups is 1. The highest BCUT2D eigenvalue weighted by atomic mass is 32.2. The Morgan fingerprint density at radius 3 is 2.58 bits per heavy atom. The summed E-state index contributed by atoms with van der Waals surface area (Å²) in [5, 5.41) is 8.61. The molecule has 186 valence electrons. The van der Waals surface area contributed by atoms with Crippen molar-refractivity contribution in [2.45, 2.75) is 47.9 Å². The van der Waals surface area contributed by atoms with Gasteiger partial charge >= 0.3 is 6.18 Å². The fourth-order valence-electron chi connectivity index (χ4n) is 4.53. The van der Waals surface area contributed by atoms with Gasteiger partial charge in [-0.1, -0.05) is 53.4 Å². The maximum absolute atomic E-state index is 13.4. The molecule has 36 heavy (non-hydrogen) atoms. The van der Waals surface area contributed by atoms with Crippen LogP contribution in [0.2, 0.25) is 0 Å². The van der Waals surface area contributed by atoms with E-state index in [1.807, 2.05) is 0 Å². The Kier molecular flexibility index (Phi) is 6.69. The van der Waals surface area contributed by atoms with Crippen molar-refractivity contribution in [3.8, 4) is 0 Å². The van der Waals surface area contributed by atoms with Gasteiger partial charge in [0, 0.05) is 35.8 Å². The Morgan fingerprint density at radius 1 is 1.06 bits per heavy atom. The number of anilines is 1. The molecule has 11 heteroatoms. The third-order valence-corrected chi connectivity index (χ3v) is 8.26. The molecule has 2 aliphatic rings. The summed E-state index contributed by atoms with van der Waals surface area (Å²) in [7, 11) is 0. The monoisotopic (exact) mass is 533 g/mol. The first-order valence-electron chi connectivity index (χ1n) is 11.2. The van der Waals surface area contributed by atoms with Crippen LogP contribution in [-0.2, 0) is 21.5 Å². The number of halogens is 4. The van der Waals surface area contributed by atoms with Gasteiger partial charge in [-0.15, -0.1) is 10.2 Å². The minimum absolute atomic E-state index is 0.0354. The quantitative estimate of drug-likeness (QED) is 0.212. The van der Waals surface area contributed by atoms with Crippen molar-refractivity contribution in [3.63, 3.8) is 0 Å². The second-order valence-corrected chi connectivity index (χ2v) is 10.7. The molecule has 1 aromatic heterocycles. The van der Waals surface area contributed by atoms with Crippen LogP contribution >= 0.6 is 23.1 Å². The molecule has 0 bridgehead atoms. The summed E-state index contributed by atoms with van der Waals surface area (Å²) in [6, 6.07) is 10.9. The van der Waals surface area contributed by atoms with Gasteiger partial charge in [0.15, 0.2) is 10.1 Å². The molecule has 0 saturated heterocycles. The van der Waals surface area contributed by atoms with Crippen molar-refractivity contribution < 1.29 is 27.2 Å². The third-order valence-electron chi connectivity index (χ3n) is 6.15. The van der Waals surface area contributed by atoms with E-state index in [2.05, 4.69) is 10.2 Å². The fraction of sp³-hybridized carbons (Fsp3) is 0.280. The zero-order chi connectivity index (χ0) is 25.4. The number of carbonyl (C=O) groups excluding carboxylic acids is 2. The Labute approximate surface area is 212 Å². The normalized spacial score (nSPS) is 18.6. The molecule has 0 saturated carbocycles. The summed E-state index contributed by atoms with van der Waals surface area (Å²) in [6.45, 7) is 0. The number of Topliss-reactive ketones (excluding diaryl/α,β-unsaturated/α-hetero) is 1. The van der Waals surface area contributed by atoms with E-state index in [9.17, 15) is 27.2 Å². The van der Waals surface area contributed by atoms with E-state index < -0.39 is 23.5 Å². The molecule has 1 amide bonds. The fourth-order valence-corrected chi connectivity index (χ4v) is 6.36. The molecule has 1 atom stereocenters. The van der Waals surface area contributed by atoms with E-state index >= 15 is 0 Å². The average molecular weight is 534 g/mol. The second-order valence-electron chi connectivity index (χ2n) is 8.51. The summed E-state index contributed by atoms with van der Waals surface area (Å²) in [5.74, 6) is -0.850. The smallest absolute Gasteiger partial charge is 0.294 e. The van der Waals surface area contributed by atoms with Gasteiger partial charge in [-0.25, -0.2) is 4.39 Å². The number of nitrogens with zero attached hydrogens (tertiary/aromatic N) is 3. The zero-order valence-electron chi connectivity index (χ0n) is 18.7. The van der Waals surface area contributed by atoms with Gasteiger partial charge in [0.2, 0.25) is 11.0 Å². The number of allylic oxidation sites excluding steroid dienone is 2. The predicted octanol–water partition coefficient (Wildman–Crippen LogP) is 6.52. The topological polar surface area (TPSA) is 63.2 Å². The Hall–Kier alpha value is -3.05. The van der Waals surface area contributed by atoms with Crippen LogP contribution in [0.3, 0.4) is 0 Å². The van der Waals surface area contributed by atoms with E-state index in [-0.39, 0.29) is 23.9 Å². The molecule has 2 aromatic carbocycles. The van der Waals surface area contributed by atoms with E-state index in [1.54, 1.807) is 18.2 Å². The molecule has 0 radical (unpaired) electrons. The lowest BCUT2D eigenvalue weighted by Crippen LogP contribution is -2.40. The van der Waals surface area contributed by atoms with Crippen LogP contribution in [0, 0.1) is 5.82 Å². The molecular weight excluding hydrogens is 514 g/mol. The number of rotatable bonds is 5. The lowest BCUT2D eigenvalue weighted by Gasteiger charge is -2.36. The van der Waals surface area contributed by atoms with E-state index in [0.717, 1.165) is 23.5 Å². The summed E-state index contributed by atoms with van der Waals surface area (Å²) >= 11 is 2.39. The maximum Gasteiger partial charge on any atom is 0.416 e. The molecule has 0 N–H and O–H groups in total. The molecule has 1 aliphatic heterocycles. The van der Waals surface area contributed by atoms with E-state index in [0.29, 0.717) is 51.1 Å². The number of carbonyl (C=O) groups is 2. The number of hydrogen-bond acceptors (Lipinski definition) is 6. The van der Waals surface area contributed by atoms with E-state index in [4.69, 9.17) is 0 Å². The van der Waals surface area contributed by atoms with Crippen LogP contribution in [0.25, 0.3) is 0 Å². The van der Waals surface area contributed by atoms with Gasteiger partial charge in [-0.2, -0.15) is 13.2 Å². The SMILES string of the molecule is O=C1CCCC2=C1[C@@H](c1ccc(F)cc1)CC(=O)N2c1nnc(SCc2cccc(C(F)(F)F)c2)s1. The third kappa shape index (κ3) is 4.94. The van der Waals surface area contributed by atoms with Crippen LogP contribution in [0.5, 0.6) is 0 Å². The van der Waals surface area contributed by atoms with Crippen molar-refractivity contribution in [2.75, 3.05) is 4.90 Å². The van der Waals surface area contributed by atoms with Gasteiger partial charge in [0.05, 0.1) is 5.56 Å². The summed E-state index contributed by atoms with van der Waals surface area (Å²) in [6.07, 6.45) is -2.86. The first-order chi connectivity index (χ1) is 17.2. The largest absolute Gasteiger partial charge is 0.416 e. The predicted molar refractivity (Wildman–Crippen MR) is 128 cm³/mol. The molecule has 0 spiro atoms. The van der Waals surface area contributed by atoms with Gasteiger partial charge in [-0.3, -0.25) is 14.5 Å². The molecule has 0 fully saturated rings. The Bertz CT molecular complexity index is 1350. The van der Waals surface area contributed by atoms with Crippen LogP contribution in [-0.4, -0.2) is 21.9 Å². The molecule has 1 aliphatic carbocycles. The number of alkyl halides is 3. The number of amides is 1. The van der Waals surface area contributed by atoms with Gasteiger partial charge in [0.25, 0.3) is 0 Å². The average Bonchev–Trinajstić information content (AvgIpc) is 3.31. The second kappa shape index (κ2) is 9.78. The van der Waals surface area contributed by atoms with Crippen molar-refractivity contribution in [1.82, 2.24) is 10.2 Å². The minimum atomic E-state index is -4.42. The van der Waals surface area contributed by atoms with Crippen molar-refractivity contribution >= 4 is 39.9 Å². The molecule has 5 rings (SSSR count). The number of ketones is 1. The van der Waals surface area contributed by atoms with E-state index in [1.165, 1.54) is 34.9 Å². The Morgan fingerprint density at radius 2 is 1.83 bits per heavy atom.